The molecule has 2 unspecified atom stereocenters. The van der Waals surface area contributed by atoms with Crippen LogP contribution in [0.2, 0.25) is 0 Å². The van der Waals surface area contributed by atoms with E-state index in [-0.39, 0.29) is 23.5 Å². The summed E-state index contributed by atoms with van der Waals surface area (Å²) in [5.74, 6) is -1.01. The van der Waals surface area contributed by atoms with Crippen molar-refractivity contribution in [2.75, 3.05) is 5.32 Å². The van der Waals surface area contributed by atoms with Crippen molar-refractivity contribution in [1.29, 1.82) is 0 Å². The van der Waals surface area contributed by atoms with Crippen molar-refractivity contribution in [3.05, 3.63) is 26.9 Å². The number of nitro groups is 1. The Hall–Kier alpha value is -1.70. The highest BCUT2D eigenvalue weighted by Gasteiger charge is 2.31. The number of aliphatic carboxylic acids is 1. The van der Waals surface area contributed by atoms with E-state index in [9.17, 15) is 14.9 Å². The van der Waals surface area contributed by atoms with E-state index >= 15 is 0 Å². The van der Waals surface area contributed by atoms with Crippen molar-refractivity contribution in [2.24, 2.45) is 5.92 Å². The number of pyridine rings is 1. The van der Waals surface area contributed by atoms with Crippen LogP contribution < -0.4 is 5.32 Å². The molecule has 1 aliphatic carbocycles. The quantitative estimate of drug-likeness (QED) is 0.649. The predicted molar refractivity (Wildman–Crippen MR) is 71.0 cm³/mol. The minimum absolute atomic E-state index is 0.0894. The van der Waals surface area contributed by atoms with E-state index in [0.29, 0.717) is 23.7 Å². The van der Waals surface area contributed by atoms with Crippen LogP contribution in [0, 0.1) is 16.0 Å². The van der Waals surface area contributed by atoms with Gasteiger partial charge in [-0.25, -0.2) is 4.98 Å². The molecule has 1 aromatic rings. The zero-order valence-corrected chi connectivity index (χ0v) is 11.5. The fourth-order valence-corrected chi connectivity index (χ4v) is 2.53. The number of aromatic nitrogens is 1. The third kappa shape index (κ3) is 3.19. The molecule has 0 spiro atoms. The Kier molecular flexibility index (Phi) is 3.98. The van der Waals surface area contributed by atoms with Gasteiger partial charge in [0.2, 0.25) is 5.82 Å². The molecule has 0 saturated heterocycles. The van der Waals surface area contributed by atoms with Crippen LogP contribution in [0.4, 0.5) is 11.5 Å². The number of carbonyl (C=O) groups is 1. The number of nitrogens with zero attached hydrogens (tertiary/aromatic N) is 2. The minimum atomic E-state index is -0.817. The van der Waals surface area contributed by atoms with Gasteiger partial charge >= 0.3 is 11.7 Å². The van der Waals surface area contributed by atoms with E-state index in [0.717, 1.165) is 0 Å². The average Bonchev–Trinajstić information content (AvgIpc) is 2.80. The summed E-state index contributed by atoms with van der Waals surface area (Å²) in [5.41, 5.74) is -0.117. The van der Waals surface area contributed by atoms with E-state index in [1.807, 2.05) is 0 Å². The number of hydrogen-bond donors (Lipinski definition) is 2. The third-order valence-electron chi connectivity index (χ3n) is 3.15. The zero-order chi connectivity index (χ0) is 14.0. The van der Waals surface area contributed by atoms with Crippen LogP contribution in [0.25, 0.3) is 0 Å². The van der Waals surface area contributed by atoms with E-state index in [2.05, 4.69) is 26.2 Å². The molecular formula is C11H12BrN3O4. The fourth-order valence-electron chi connectivity index (χ4n) is 2.21. The average molecular weight is 330 g/mol. The van der Waals surface area contributed by atoms with Gasteiger partial charge in [0.1, 0.15) is 0 Å². The number of nitrogens with one attached hydrogen (secondary N) is 1. The predicted octanol–water partition coefficient (Wildman–Crippen LogP) is 2.42. The Bertz CT molecular complexity index is 523. The summed E-state index contributed by atoms with van der Waals surface area (Å²) < 4.78 is 0.527. The number of rotatable bonds is 4. The van der Waals surface area contributed by atoms with Crippen molar-refractivity contribution in [1.82, 2.24) is 4.98 Å². The summed E-state index contributed by atoms with van der Waals surface area (Å²) in [7, 11) is 0. The molecule has 2 atom stereocenters. The maximum Gasteiger partial charge on any atom is 0.312 e. The van der Waals surface area contributed by atoms with E-state index < -0.39 is 10.9 Å². The summed E-state index contributed by atoms with van der Waals surface area (Å²) in [6.45, 7) is 0. The zero-order valence-electron chi connectivity index (χ0n) is 9.88. The molecule has 0 radical (unpaired) electrons. The lowest BCUT2D eigenvalue weighted by atomic mass is 10.1. The molecule has 2 N–H and O–H groups in total. The normalized spacial score (nSPS) is 22.2. The molecule has 0 aliphatic heterocycles. The second-order valence-electron chi connectivity index (χ2n) is 4.47. The third-order valence-corrected chi connectivity index (χ3v) is 3.59. The Morgan fingerprint density at radius 1 is 1.58 bits per heavy atom. The van der Waals surface area contributed by atoms with Crippen molar-refractivity contribution < 1.29 is 14.8 Å². The Balaban J connectivity index is 2.12. The van der Waals surface area contributed by atoms with Gasteiger partial charge in [-0.3, -0.25) is 14.9 Å². The van der Waals surface area contributed by atoms with Crippen LogP contribution in [0.15, 0.2) is 16.7 Å². The minimum Gasteiger partial charge on any atom is -0.481 e. The molecule has 1 aliphatic rings. The molecule has 19 heavy (non-hydrogen) atoms. The number of hydrogen-bond acceptors (Lipinski definition) is 5. The molecule has 1 fully saturated rings. The van der Waals surface area contributed by atoms with E-state index in [1.165, 1.54) is 12.3 Å². The van der Waals surface area contributed by atoms with Gasteiger partial charge in [-0.2, -0.15) is 0 Å². The van der Waals surface area contributed by atoms with Crippen molar-refractivity contribution in [2.45, 2.75) is 25.3 Å². The van der Waals surface area contributed by atoms with Gasteiger partial charge in [0.05, 0.1) is 10.8 Å². The van der Waals surface area contributed by atoms with Crippen LogP contribution >= 0.6 is 15.9 Å². The molecule has 1 heterocycles. The van der Waals surface area contributed by atoms with Crippen LogP contribution in [0.3, 0.4) is 0 Å². The van der Waals surface area contributed by atoms with E-state index in [1.54, 1.807) is 0 Å². The van der Waals surface area contributed by atoms with Gasteiger partial charge in [0.25, 0.3) is 0 Å². The van der Waals surface area contributed by atoms with Crippen molar-refractivity contribution >= 4 is 33.4 Å². The Morgan fingerprint density at radius 3 is 2.89 bits per heavy atom. The first-order valence-electron chi connectivity index (χ1n) is 5.76. The Morgan fingerprint density at radius 2 is 2.32 bits per heavy atom. The van der Waals surface area contributed by atoms with Crippen LogP contribution in [-0.2, 0) is 4.79 Å². The van der Waals surface area contributed by atoms with Gasteiger partial charge in [-0.05, 0) is 35.2 Å². The summed E-state index contributed by atoms with van der Waals surface area (Å²) in [5, 5.41) is 22.8. The maximum absolute atomic E-state index is 10.9. The van der Waals surface area contributed by atoms with Crippen molar-refractivity contribution in [3.8, 4) is 0 Å². The smallest absolute Gasteiger partial charge is 0.312 e. The molecule has 0 bridgehead atoms. The molecule has 0 amide bonds. The lowest BCUT2D eigenvalue weighted by molar-refractivity contribution is -0.384. The van der Waals surface area contributed by atoms with Gasteiger partial charge < -0.3 is 10.4 Å². The summed E-state index contributed by atoms with van der Waals surface area (Å²) >= 11 is 3.13. The highest BCUT2D eigenvalue weighted by molar-refractivity contribution is 9.10. The van der Waals surface area contributed by atoms with Crippen LogP contribution in [0.1, 0.15) is 19.3 Å². The van der Waals surface area contributed by atoms with Gasteiger partial charge in [0, 0.05) is 22.8 Å². The topological polar surface area (TPSA) is 105 Å². The fraction of sp³-hybridized carbons (Fsp3) is 0.455. The SMILES string of the molecule is O=C(O)C1CCC(Nc2ncc(Br)cc2[N+](=O)[O-])C1. The summed E-state index contributed by atoms with van der Waals surface area (Å²) in [4.78, 5) is 25.3. The summed E-state index contributed by atoms with van der Waals surface area (Å²) in [6.07, 6.45) is 3.19. The van der Waals surface area contributed by atoms with Crippen LogP contribution in [0.5, 0.6) is 0 Å². The lowest BCUT2D eigenvalue weighted by Gasteiger charge is -2.13. The number of halogens is 1. The number of anilines is 1. The second-order valence-corrected chi connectivity index (χ2v) is 5.38. The summed E-state index contributed by atoms with van der Waals surface area (Å²) in [6, 6.07) is 1.28. The molecule has 2 rings (SSSR count). The first-order valence-corrected chi connectivity index (χ1v) is 6.56. The first-order chi connectivity index (χ1) is 8.97. The monoisotopic (exact) mass is 329 g/mol. The van der Waals surface area contributed by atoms with Crippen molar-refractivity contribution in [3.63, 3.8) is 0 Å². The second kappa shape index (κ2) is 5.52. The molecule has 1 aromatic heterocycles. The molecule has 8 heteroatoms. The number of carboxylic acid groups (broad SMARTS) is 1. The molecule has 1 saturated carbocycles. The largest absolute Gasteiger partial charge is 0.481 e. The molecule has 102 valence electrons. The Labute approximate surface area is 117 Å². The molecule has 7 nitrogen and oxygen atoms in total. The van der Waals surface area contributed by atoms with Gasteiger partial charge in [-0.15, -0.1) is 0 Å². The first kappa shape index (κ1) is 13.7. The molecule has 0 aromatic carbocycles. The standard InChI is InChI=1S/C11H12BrN3O4/c12-7-4-9(15(18)19)10(13-5-7)14-8-2-1-6(3-8)11(16)17/h4-6,8H,1-3H2,(H,13,14)(H,16,17). The number of carboxylic acids is 1. The van der Waals surface area contributed by atoms with E-state index in [4.69, 9.17) is 5.11 Å². The highest BCUT2D eigenvalue weighted by atomic mass is 79.9. The maximum atomic E-state index is 10.9. The highest BCUT2D eigenvalue weighted by Crippen LogP contribution is 2.31. The molecular weight excluding hydrogens is 318 g/mol. The van der Waals surface area contributed by atoms with Gasteiger partial charge in [-0.1, -0.05) is 0 Å². The lowest BCUT2D eigenvalue weighted by Crippen LogP contribution is -2.19. The van der Waals surface area contributed by atoms with Crippen LogP contribution in [-0.4, -0.2) is 27.0 Å². The van der Waals surface area contributed by atoms with Gasteiger partial charge in [0.15, 0.2) is 0 Å².